The Kier molecular flexibility index (Phi) is 5.28. The molecule has 1 fully saturated rings. The predicted molar refractivity (Wildman–Crippen MR) is 99.7 cm³/mol. The Morgan fingerprint density at radius 2 is 1.64 bits per heavy atom. The van der Waals surface area contributed by atoms with Crippen LogP contribution in [-0.4, -0.2) is 14.2 Å². The molecule has 0 aliphatic heterocycles. The van der Waals surface area contributed by atoms with Gasteiger partial charge in [0.15, 0.2) is 9.84 Å². The topological polar surface area (TPSA) is 34.1 Å². The molecule has 0 bridgehead atoms. The molecule has 1 aliphatic carbocycles. The molecule has 0 heterocycles. The fraction of sp³-hybridized carbons (Fsp3) is 0.429. The molecule has 2 aromatic rings. The van der Waals surface area contributed by atoms with E-state index in [1.807, 2.05) is 13.0 Å². The Balaban J connectivity index is 1.80. The maximum atomic E-state index is 13.1. The van der Waals surface area contributed by atoms with Gasteiger partial charge in [0.2, 0.25) is 0 Å². The predicted octanol–water partition coefficient (Wildman–Crippen LogP) is 5.40. The van der Waals surface area contributed by atoms with E-state index in [1.54, 1.807) is 24.3 Å². The number of aryl methyl sites for hydroxylation is 1. The van der Waals surface area contributed by atoms with Crippen LogP contribution in [0, 0.1) is 24.6 Å². The summed E-state index contributed by atoms with van der Waals surface area (Å²) < 4.78 is 38.6. The number of rotatable bonds is 4. The van der Waals surface area contributed by atoms with Gasteiger partial charge in [-0.1, -0.05) is 38.0 Å². The summed E-state index contributed by atoms with van der Waals surface area (Å²) in [5, 5.41) is 0. The highest BCUT2D eigenvalue weighted by molar-refractivity contribution is 7.91. The molecule has 0 aromatic heterocycles. The lowest BCUT2D eigenvalue weighted by Gasteiger charge is -2.25. The molecule has 25 heavy (non-hydrogen) atoms. The van der Waals surface area contributed by atoms with Gasteiger partial charge in [-0.15, -0.1) is 0 Å². The van der Waals surface area contributed by atoms with E-state index in [1.165, 1.54) is 12.1 Å². The summed E-state index contributed by atoms with van der Waals surface area (Å²) in [5.74, 6) is 0.964. The molecule has 0 spiro atoms. The molecule has 0 radical (unpaired) electrons. The van der Waals surface area contributed by atoms with E-state index in [9.17, 15) is 12.8 Å². The third-order valence-electron chi connectivity index (χ3n) is 5.30. The van der Waals surface area contributed by atoms with Crippen molar-refractivity contribution in [2.75, 3.05) is 5.75 Å². The first-order valence-corrected chi connectivity index (χ1v) is 10.6. The monoisotopic (exact) mass is 360 g/mol. The first-order chi connectivity index (χ1) is 11.8. The molecule has 3 rings (SSSR count). The Bertz CT molecular complexity index is 833. The van der Waals surface area contributed by atoms with Gasteiger partial charge in [-0.3, -0.25) is 0 Å². The van der Waals surface area contributed by atoms with Crippen molar-refractivity contribution in [3.63, 3.8) is 0 Å². The quantitative estimate of drug-likeness (QED) is 0.731. The van der Waals surface area contributed by atoms with Crippen LogP contribution in [-0.2, 0) is 9.84 Å². The average molecular weight is 360 g/mol. The molecule has 0 amide bonds. The van der Waals surface area contributed by atoms with Crippen molar-refractivity contribution in [3.8, 4) is 11.1 Å². The van der Waals surface area contributed by atoms with Crippen LogP contribution in [0.4, 0.5) is 4.39 Å². The third-order valence-corrected chi connectivity index (χ3v) is 7.19. The molecule has 0 unspecified atom stereocenters. The summed E-state index contributed by atoms with van der Waals surface area (Å²) in [6.45, 7) is 4.14. The highest BCUT2D eigenvalue weighted by atomic mass is 32.2. The van der Waals surface area contributed by atoms with Gasteiger partial charge in [0, 0.05) is 0 Å². The average Bonchev–Trinajstić information content (AvgIpc) is 2.58. The summed E-state index contributed by atoms with van der Waals surface area (Å²) >= 11 is 0. The lowest BCUT2D eigenvalue weighted by molar-refractivity contribution is 0.308. The van der Waals surface area contributed by atoms with Gasteiger partial charge in [0.05, 0.1) is 10.6 Å². The lowest BCUT2D eigenvalue weighted by Crippen LogP contribution is -2.21. The fourth-order valence-electron chi connectivity index (χ4n) is 3.69. The van der Waals surface area contributed by atoms with Crippen molar-refractivity contribution in [2.24, 2.45) is 11.8 Å². The van der Waals surface area contributed by atoms with Crippen molar-refractivity contribution in [1.29, 1.82) is 0 Å². The smallest absolute Gasteiger partial charge is 0.178 e. The summed E-state index contributed by atoms with van der Waals surface area (Å²) in [6, 6.07) is 11.5. The van der Waals surface area contributed by atoms with Crippen LogP contribution in [0.1, 0.15) is 38.2 Å². The largest absolute Gasteiger partial charge is 0.224 e. The Hall–Kier alpha value is -1.68. The molecule has 0 saturated heterocycles. The van der Waals surface area contributed by atoms with Gasteiger partial charge < -0.3 is 0 Å². The van der Waals surface area contributed by atoms with E-state index in [-0.39, 0.29) is 17.5 Å². The van der Waals surface area contributed by atoms with Crippen LogP contribution in [0.15, 0.2) is 47.4 Å². The van der Waals surface area contributed by atoms with E-state index in [0.29, 0.717) is 4.90 Å². The van der Waals surface area contributed by atoms with Gasteiger partial charge >= 0.3 is 0 Å². The number of hydrogen-bond donors (Lipinski definition) is 0. The second kappa shape index (κ2) is 7.28. The minimum Gasteiger partial charge on any atom is -0.224 e. The minimum absolute atomic E-state index is 0.245. The standard InChI is InChI=1S/C21H25FO2S/c1-15-3-5-17(6-4-15)14-25(23,24)20-11-12-21(16(2)13-20)18-7-9-19(22)10-8-18/h7-13,15,17H,3-6,14H2,1-2H3. The molecular formula is C21H25FO2S. The van der Waals surface area contributed by atoms with Gasteiger partial charge in [0.1, 0.15) is 5.82 Å². The second-order valence-corrected chi connectivity index (χ2v) is 9.43. The molecule has 134 valence electrons. The van der Waals surface area contributed by atoms with Crippen molar-refractivity contribution >= 4 is 9.84 Å². The summed E-state index contributed by atoms with van der Waals surface area (Å²) in [6.07, 6.45) is 4.27. The fourth-order valence-corrected chi connectivity index (χ4v) is 5.46. The van der Waals surface area contributed by atoms with E-state index < -0.39 is 9.84 Å². The zero-order chi connectivity index (χ0) is 18.0. The normalized spacial score (nSPS) is 21.2. The molecule has 2 aromatic carbocycles. The van der Waals surface area contributed by atoms with E-state index in [2.05, 4.69) is 6.92 Å². The first kappa shape index (κ1) is 18.1. The molecule has 1 saturated carbocycles. The molecule has 1 aliphatic rings. The van der Waals surface area contributed by atoms with Gasteiger partial charge in [-0.25, -0.2) is 12.8 Å². The van der Waals surface area contributed by atoms with Crippen LogP contribution < -0.4 is 0 Å². The van der Waals surface area contributed by atoms with Crippen molar-refractivity contribution in [3.05, 3.63) is 53.8 Å². The Morgan fingerprint density at radius 3 is 2.24 bits per heavy atom. The van der Waals surface area contributed by atoms with Crippen molar-refractivity contribution in [2.45, 2.75) is 44.4 Å². The highest BCUT2D eigenvalue weighted by Crippen LogP contribution is 2.32. The van der Waals surface area contributed by atoms with Crippen LogP contribution >= 0.6 is 0 Å². The highest BCUT2D eigenvalue weighted by Gasteiger charge is 2.25. The van der Waals surface area contributed by atoms with Gasteiger partial charge in [0.25, 0.3) is 0 Å². The number of hydrogen-bond acceptors (Lipinski definition) is 2. The van der Waals surface area contributed by atoms with E-state index in [4.69, 9.17) is 0 Å². The van der Waals surface area contributed by atoms with Crippen LogP contribution in [0.5, 0.6) is 0 Å². The zero-order valence-electron chi connectivity index (χ0n) is 14.8. The maximum absolute atomic E-state index is 13.1. The van der Waals surface area contributed by atoms with Crippen molar-refractivity contribution in [1.82, 2.24) is 0 Å². The third kappa shape index (κ3) is 4.30. The zero-order valence-corrected chi connectivity index (χ0v) is 15.7. The van der Waals surface area contributed by atoms with Crippen LogP contribution in [0.3, 0.4) is 0 Å². The lowest BCUT2D eigenvalue weighted by atomic mass is 9.84. The van der Waals surface area contributed by atoms with Gasteiger partial charge in [-0.05, 0) is 72.6 Å². The molecule has 2 nitrogen and oxygen atoms in total. The number of halogens is 1. The molecular weight excluding hydrogens is 335 g/mol. The molecule has 4 heteroatoms. The Labute approximate surface area is 150 Å². The first-order valence-electron chi connectivity index (χ1n) is 8.94. The number of sulfone groups is 1. The molecule has 0 N–H and O–H groups in total. The SMILES string of the molecule is Cc1cc(S(=O)(=O)CC2CCC(C)CC2)ccc1-c1ccc(F)cc1. The minimum atomic E-state index is -3.27. The van der Waals surface area contributed by atoms with Gasteiger partial charge in [-0.2, -0.15) is 0 Å². The summed E-state index contributed by atoms with van der Waals surface area (Å²) in [7, 11) is -3.27. The second-order valence-electron chi connectivity index (χ2n) is 7.39. The molecule has 0 atom stereocenters. The van der Waals surface area contributed by atoms with Crippen LogP contribution in [0.2, 0.25) is 0 Å². The maximum Gasteiger partial charge on any atom is 0.178 e. The van der Waals surface area contributed by atoms with E-state index in [0.717, 1.165) is 48.3 Å². The van der Waals surface area contributed by atoms with E-state index >= 15 is 0 Å². The summed E-state index contributed by atoms with van der Waals surface area (Å²) in [5.41, 5.74) is 2.72. The van der Waals surface area contributed by atoms with Crippen LogP contribution in [0.25, 0.3) is 11.1 Å². The van der Waals surface area contributed by atoms with Crippen molar-refractivity contribution < 1.29 is 12.8 Å². The number of benzene rings is 2. The Morgan fingerprint density at radius 1 is 1.00 bits per heavy atom. The summed E-state index contributed by atoms with van der Waals surface area (Å²) in [4.78, 5) is 0.398.